The van der Waals surface area contributed by atoms with E-state index in [1.807, 2.05) is 18.3 Å². The number of aromatic amines is 1. The van der Waals surface area contributed by atoms with Gasteiger partial charge < -0.3 is 19.5 Å². The molecule has 0 bridgehead atoms. The predicted octanol–water partition coefficient (Wildman–Crippen LogP) is 3.30. The van der Waals surface area contributed by atoms with E-state index in [0.29, 0.717) is 24.3 Å². The van der Waals surface area contributed by atoms with Gasteiger partial charge in [0.15, 0.2) is 5.78 Å². The average Bonchev–Trinajstić information content (AvgIpc) is 3.45. The number of benzene rings is 1. The topological polar surface area (TPSA) is 99.4 Å². The van der Waals surface area contributed by atoms with Crippen LogP contribution in [0.4, 0.5) is 0 Å². The van der Waals surface area contributed by atoms with Gasteiger partial charge in [0.1, 0.15) is 5.76 Å². The van der Waals surface area contributed by atoms with Gasteiger partial charge in [0.2, 0.25) is 5.91 Å². The molecule has 1 fully saturated rings. The summed E-state index contributed by atoms with van der Waals surface area (Å²) in [5.41, 5.74) is 6.47. The first-order chi connectivity index (χ1) is 15.3. The van der Waals surface area contributed by atoms with Crippen LogP contribution in [0.1, 0.15) is 41.1 Å². The third kappa shape index (κ3) is 4.67. The van der Waals surface area contributed by atoms with Gasteiger partial charge in [0.25, 0.3) is 0 Å². The lowest BCUT2D eigenvalue weighted by Gasteiger charge is -2.23. The van der Waals surface area contributed by atoms with Gasteiger partial charge in [-0.05, 0) is 43.9 Å². The number of nitrogens with zero attached hydrogens (tertiary/aromatic N) is 2. The van der Waals surface area contributed by atoms with Gasteiger partial charge >= 0.3 is 0 Å². The van der Waals surface area contributed by atoms with Crippen LogP contribution in [0.25, 0.3) is 11.1 Å². The zero-order valence-electron chi connectivity index (χ0n) is 18.7. The van der Waals surface area contributed by atoms with E-state index in [2.05, 4.69) is 36.1 Å². The molecule has 7 heteroatoms. The first kappa shape index (κ1) is 22.0. The van der Waals surface area contributed by atoms with E-state index in [0.717, 1.165) is 16.8 Å². The van der Waals surface area contributed by atoms with Crippen LogP contribution in [-0.4, -0.2) is 50.5 Å². The number of nitrogens with one attached hydrogen (secondary N) is 1. The number of H-pyrrole nitrogens is 1. The highest BCUT2D eigenvalue weighted by Crippen LogP contribution is 2.27. The molecule has 2 atom stereocenters. The van der Waals surface area contributed by atoms with Crippen LogP contribution in [0, 0.1) is 20.8 Å². The Morgan fingerprint density at radius 3 is 2.59 bits per heavy atom. The summed E-state index contributed by atoms with van der Waals surface area (Å²) in [7, 11) is 0. The second-order valence-corrected chi connectivity index (χ2v) is 8.70. The van der Waals surface area contributed by atoms with E-state index >= 15 is 0 Å². The van der Waals surface area contributed by atoms with E-state index in [9.17, 15) is 14.7 Å². The van der Waals surface area contributed by atoms with E-state index in [1.54, 1.807) is 13.0 Å². The number of aliphatic hydroxyl groups excluding tert-OH is 1. The van der Waals surface area contributed by atoms with E-state index < -0.39 is 12.1 Å². The molecule has 2 aromatic heterocycles. The van der Waals surface area contributed by atoms with Crippen molar-refractivity contribution in [1.29, 1.82) is 0 Å². The molecule has 4 rings (SSSR count). The molecular formula is C25H29N3O4. The quantitative estimate of drug-likeness (QED) is 0.593. The number of likely N-dealkylation sites (tertiary alicyclic amines) is 1. The summed E-state index contributed by atoms with van der Waals surface area (Å²) in [5, 5.41) is 13.9. The predicted molar refractivity (Wildman–Crippen MR) is 120 cm³/mol. The minimum absolute atomic E-state index is 0.0231. The monoisotopic (exact) mass is 435 g/mol. The van der Waals surface area contributed by atoms with Crippen LogP contribution in [0.15, 0.2) is 41.1 Å². The third-order valence-electron chi connectivity index (χ3n) is 6.15. The first-order valence-electron chi connectivity index (χ1n) is 11.0. The maximum atomic E-state index is 12.9. The van der Waals surface area contributed by atoms with Gasteiger partial charge in [-0.25, -0.2) is 0 Å². The van der Waals surface area contributed by atoms with Crippen LogP contribution in [0.2, 0.25) is 0 Å². The standard InChI is InChI=1S/C25H29N3O4/c1-15-13-26-17(3)25(15)19-7-4-18(5-8-19)6-9-23(30)22-11-20(29)14-28(22)24(31)12-21-10-16(2)27-32-21/h4-5,7-8,10,13,20,22,26,29H,6,9,11-12,14H2,1-3H3/t20-,22+/m1/s1. The molecule has 2 N–H and O–H groups in total. The fourth-order valence-corrected chi connectivity index (χ4v) is 4.52. The molecule has 0 spiro atoms. The molecular weight excluding hydrogens is 406 g/mol. The Hall–Kier alpha value is -3.19. The third-order valence-corrected chi connectivity index (χ3v) is 6.15. The van der Waals surface area contributed by atoms with E-state index in [4.69, 9.17) is 4.52 Å². The zero-order valence-corrected chi connectivity index (χ0v) is 18.7. The molecule has 3 aromatic rings. The smallest absolute Gasteiger partial charge is 0.231 e. The number of ketones is 1. The Balaban J connectivity index is 1.37. The molecule has 1 amide bonds. The van der Waals surface area contributed by atoms with Crippen LogP contribution in [0.3, 0.4) is 0 Å². The molecule has 168 valence electrons. The van der Waals surface area contributed by atoms with Gasteiger partial charge in [0, 0.05) is 42.9 Å². The van der Waals surface area contributed by atoms with Crippen molar-refractivity contribution >= 4 is 11.7 Å². The minimum atomic E-state index is -0.684. The first-order valence-corrected chi connectivity index (χ1v) is 11.0. The fourth-order valence-electron chi connectivity index (χ4n) is 4.52. The molecule has 1 aromatic carbocycles. The molecule has 3 heterocycles. The summed E-state index contributed by atoms with van der Waals surface area (Å²) in [4.78, 5) is 30.4. The van der Waals surface area contributed by atoms with Crippen molar-refractivity contribution in [3.8, 4) is 11.1 Å². The van der Waals surface area contributed by atoms with Gasteiger partial charge in [-0.1, -0.05) is 29.4 Å². The summed E-state index contributed by atoms with van der Waals surface area (Å²) < 4.78 is 5.13. The van der Waals surface area contributed by atoms with Crippen molar-refractivity contribution in [3.05, 3.63) is 64.8 Å². The molecule has 0 aliphatic carbocycles. The number of carbonyl (C=O) groups is 2. The largest absolute Gasteiger partial charge is 0.391 e. The number of carbonyl (C=O) groups excluding carboxylic acids is 2. The normalized spacial score (nSPS) is 18.3. The fraction of sp³-hybridized carbons (Fsp3) is 0.400. The van der Waals surface area contributed by atoms with E-state index in [1.165, 1.54) is 16.0 Å². The van der Waals surface area contributed by atoms with Crippen molar-refractivity contribution in [2.45, 2.75) is 58.6 Å². The summed E-state index contributed by atoms with van der Waals surface area (Å²) in [5.74, 6) is 0.218. The molecule has 0 radical (unpaired) electrons. The highest BCUT2D eigenvalue weighted by atomic mass is 16.5. The molecule has 1 aliphatic heterocycles. The molecule has 7 nitrogen and oxygen atoms in total. The Kier molecular flexibility index (Phi) is 6.28. The Morgan fingerprint density at radius 2 is 1.97 bits per heavy atom. The highest BCUT2D eigenvalue weighted by Gasteiger charge is 2.38. The SMILES string of the molecule is Cc1cc(CC(=O)N2C[C@H](O)C[C@H]2C(=O)CCc2ccc(-c3c(C)c[nH]c3C)cc2)on1. The molecule has 32 heavy (non-hydrogen) atoms. The number of Topliss-reactive ketones (excluding diaryl/α,β-unsaturated/α-hetero) is 1. The van der Waals surface area contributed by atoms with E-state index in [-0.39, 0.29) is 31.1 Å². The lowest BCUT2D eigenvalue weighted by atomic mass is 9.98. The summed E-state index contributed by atoms with van der Waals surface area (Å²) in [6, 6.07) is 9.38. The number of hydrogen-bond donors (Lipinski definition) is 2. The number of aliphatic hydroxyl groups is 1. The van der Waals surface area contributed by atoms with Crippen LogP contribution < -0.4 is 0 Å². The zero-order chi connectivity index (χ0) is 22.8. The Labute approximate surface area is 187 Å². The lowest BCUT2D eigenvalue weighted by Crippen LogP contribution is -2.41. The molecule has 1 aliphatic rings. The van der Waals surface area contributed by atoms with Gasteiger partial charge in [0.05, 0.1) is 24.3 Å². The number of aryl methyl sites for hydroxylation is 4. The van der Waals surface area contributed by atoms with Crippen molar-refractivity contribution in [1.82, 2.24) is 15.0 Å². The number of β-amino-alcohol motifs (C(OH)–C–C–N with tert-alkyl or cyclic N) is 1. The second-order valence-electron chi connectivity index (χ2n) is 8.70. The number of aromatic nitrogens is 2. The molecule has 1 saturated heterocycles. The van der Waals surface area contributed by atoms with Crippen molar-refractivity contribution in [3.63, 3.8) is 0 Å². The molecule has 0 unspecified atom stereocenters. The number of rotatable bonds is 7. The van der Waals surface area contributed by atoms with Gasteiger partial charge in [-0.3, -0.25) is 9.59 Å². The number of amides is 1. The Bertz CT molecular complexity index is 1090. The Morgan fingerprint density at radius 1 is 1.22 bits per heavy atom. The van der Waals surface area contributed by atoms with Crippen molar-refractivity contribution in [2.24, 2.45) is 0 Å². The second kappa shape index (κ2) is 9.12. The number of hydrogen-bond acceptors (Lipinski definition) is 5. The van der Waals surface area contributed by atoms with Crippen molar-refractivity contribution < 1.29 is 19.2 Å². The highest BCUT2D eigenvalue weighted by molar-refractivity contribution is 5.90. The van der Waals surface area contributed by atoms with Crippen molar-refractivity contribution in [2.75, 3.05) is 6.54 Å². The maximum Gasteiger partial charge on any atom is 0.231 e. The average molecular weight is 436 g/mol. The maximum absolute atomic E-state index is 12.9. The van der Waals surface area contributed by atoms with Crippen LogP contribution in [0.5, 0.6) is 0 Å². The van der Waals surface area contributed by atoms with Gasteiger partial charge in [-0.15, -0.1) is 0 Å². The van der Waals surface area contributed by atoms with Crippen LogP contribution in [-0.2, 0) is 22.4 Å². The van der Waals surface area contributed by atoms with Gasteiger partial charge in [-0.2, -0.15) is 0 Å². The molecule has 0 saturated carbocycles. The van der Waals surface area contributed by atoms with Crippen LogP contribution >= 0.6 is 0 Å². The lowest BCUT2D eigenvalue weighted by molar-refractivity contribution is -0.137. The summed E-state index contributed by atoms with van der Waals surface area (Å²) in [6.07, 6.45) is 2.56. The summed E-state index contributed by atoms with van der Waals surface area (Å²) in [6.45, 7) is 6.10. The summed E-state index contributed by atoms with van der Waals surface area (Å²) >= 11 is 0. The minimum Gasteiger partial charge on any atom is -0.391 e.